The second kappa shape index (κ2) is 5.17. The molecule has 2 aromatic carbocycles. The Labute approximate surface area is 123 Å². The van der Waals surface area contributed by atoms with Crippen molar-refractivity contribution in [2.24, 2.45) is 0 Å². The van der Waals surface area contributed by atoms with E-state index in [4.69, 9.17) is 4.74 Å². The van der Waals surface area contributed by atoms with Crippen molar-refractivity contribution in [3.05, 3.63) is 59.5 Å². The van der Waals surface area contributed by atoms with Gasteiger partial charge in [-0.05, 0) is 42.7 Å². The number of aryl methyl sites for hydroxylation is 2. The monoisotopic (exact) mass is 281 g/mol. The largest absolute Gasteiger partial charge is 0.496 e. The number of ether oxygens (including phenoxy) is 1. The first kappa shape index (κ1) is 13.6. The van der Waals surface area contributed by atoms with Gasteiger partial charge in [0.25, 0.3) is 0 Å². The number of fused-ring (bicyclic) bond motifs is 1. The second-order valence-electron chi connectivity index (χ2n) is 5.13. The molecule has 0 N–H and O–H groups in total. The minimum Gasteiger partial charge on any atom is -0.496 e. The number of aromatic nitrogens is 1. The fourth-order valence-electron chi connectivity index (χ4n) is 2.59. The number of rotatable bonds is 2. The molecular formula is C18H16FNO. The Bertz CT molecular complexity index is 827. The normalized spacial score (nSPS) is 10.9. The molecule has 0 spiro atoms. The number of methoxy groups -OCH3 is 1. The van der Waals surface area contributed by atoms with E-state index in [9.17, 15) is 4.39 Å². The minimum absolute atomic E-state index is 0.259. The lowest BCUT2D eigenvalue weighted by Crippen LogP contribution is -1.94. The molecule has 0 aliphatic heterocycles. The highest BCUT2D eigenvalue weighted by Crippen LogP contribution is 2.36. The molecule has 3 rings (SSSR count). The molecule has 0 saturated carbocycles. The molecule has 0 radical (unpaired) electrons. The van der Waals surface area contributed by atoms with Crippen molar-refractivity contribution in [1.29, 1.82) is 0 Å². The number of pyridine rings is 1. The SMILES string of the molecule is COc1cc(F)c(C)cc1-c1ccc(C)c2ncccc12. The Morgan fingerprint density at radius 1 is 1.00 bits per heavy atom. The lowest BCUT2D eigenvalue weighted by molar-refractivity contribution is 0.412. The van der Waals surface area contributed by atoms with Gasteiger partial charge in [0.05, 0.1) is 12.6 Å². The van der Waals surface area contributed by atoms with E-state index in [1.807, 2.05) is 37.3 Å². The van der Waals surface area contributed by atoms with E-state index in [2.05, 4.69) is 4.98 Å². The summed E-state index contributed by atoms with van der Waals surface area (Å²) in [6.45, 7) is 3.79. The van der Waals surface area contributed by atoms with E-state index in [-0.39, 0.29) is 5.82 Å². The zero-order valence-electron chi connectivity index (χ0n) is 12.3. The van der Waals surface area contributed by atoms with E-state index < -0.39 is 0 Å². The van der Waals surface area contributed by atoms with Crippen molar-refractivity contribution in [2.75, 3.05) is 7.11 Å². The Kier molecular flexibility index (Phi) is 3.34. The third-order valence-corrected chi connectivity index (χ3v) is 3.74. The van der Waals surface area contributed by atoms with Gasteiger partial charge in [-0.15, -0.1) is 0 Å². The molecule has 0 unspecified atom stereocenters. The van der Waals surface area contributed by atoms with Gasteiger partial charge in [0.15, 0.2) is 0 Å². The smallest absolute Gasteiger partial charge is 0.129 e. The van der Waals surface area contributed by atoms with Crippen LogP contribution in [0.1, 0.15) is 11.1 Å². The third kappa shape index (κ3) is 2.25. The molecule has 0 amide bonds. The van der Waals surface area contributed by atoms with Gasteiger partial charge in [-0.3, -0.25) is 4.98 Å². The van der Waals surface area contributed by atoms with Crippen molar-refractivity contribution < 1.29 is 9.13 Å². The number of benzene rings is 2. The molecule has 1 heterocycles. The predicted molar refractivity (Wildman–Crippen MR) is 83.2 cm³/mol. The highest BCUT2D eigenvalue weighted by Gasteiger charge is 2.13. The van der Waals surface area contributed by atoms with Crippen LogP contribution in [-0.4, -0.2) is 12.1 Å². The molecule has 0 bridgehead atoms. The van der Waals surface area contributed by atoms with Crippen molar-refractivity contribution in [1.82, 2.24) is 4.98 Å². The molecule has 0 saturated heterocycles. The van der Waals surface area contributed by atoms with E-state index in [0.29, 0.717) is 11.3 Å². The quantitative estimate of drug-likeness (QED) is 0.681. The number of hydrogen-bond acceptors (Lipinski definition) is 2. The van der Waals surface area contributed by atoms with Gasteiger partial charge in [0.1, 0.15) is 11.6 Å². The maximum Gasteiger partial charge on any atom is 0.129 e. The molecule has 2 nitrogen and oxygen atoms in total. The van der Waals surface area contributed by atoms with E-state index in [1.165, 1.54) is 6.07 Å². The summed E-state index contributed by atoms with van der Waals surface area (Å²) < 4.78 is 19.1. The fraction of sp³-hybridized carbons (Fsp3) is 0.167. The van der Waals surface area contributed by atoms with Crippen LogP contribution in [0, 0.1) is 19.7 Å². The summed E-state index contributed by atoms with van der Waals surface area (Å²) in [5.74, 6) is 0.275. The van der Waals surface area contributed by atoms with Gasteiger partial charge in [-0.1, -0.05) is 18.2 Å². The summed E-state index contributed by atoms with van der Waals surface area (Å²) in [7, 11) is 1.56. The van der Waals surface area contributed by atoms with E-state index >= 15 is 0 Å². The van der Waals surface area contributed by atoms with E-state index in [1.54, 1.807) is 20.2 Å². The van der Waals surface area contributed by atoms with Crippen molar-refractivity contribution in [3.63, 3.8) is 0 Å². The fourth-order valence-corrected chi connectivity index (χ4v) is 2.59. The molecule has 1 aromatic heterocycles. The van der Waals surface area contributed by atoms with Crippen LogP contribution in [0.25, 0.3) is 22.0 Å². The Morgan fingerprint density at radius 3 is 2.57 bits per heavy atom. The van der Waals surface area contributed by atoms with Crippen LogP contribution in [0.4, 0.5) is 4.39 Å². The molecule has 0 atom stereocenters. The zero-order valence-corrected chi connectivity index (χ0v) is 12.3. The predicted octanol–water partition coefficient (Wildman–Crippen LogP) is 4.67. The summed E-state index contributed by atoms with van der Waals surface area (Å²) in [5, 5.41) is 1.04. The Hall–Kier alpha value is -2.42. The molecule has 3 aromatic rings. The highest BCUT2D eigenvalue weighted by molar-refractivity contribution is 5.97. The van der Waals surface area contributed by atoms with Crippen molar-refractivity contribution >= 4 is 10.9 Å². The Morgan fingerprint density at radius 2 is 1.81 bits per heavy atom. The topological polar surface area (TPSA) is 22.1 Å². The molecule has 3 heteroatoms. The van der Waals surface area contributed by atoms with Gasteiger partial charge in [0, 0.05) is 23.2 Å². The minimum atomic E-state index is -0.259. The highest BCUT2D eigenvalue weighted by atomic mass is 19.1. The van der Waals surface area contributed by atoms with Gasteiger partial charge in [-0.2, -0.15) is 0 Å². The first-order valence-electron chi connectivity index (χ1n) is 6.80. The van der Waals surface area contributed by atoms with Crippen molar-refractivity contribution in [2.45, 2.75) is 13.8 Å². The first-order valence-corrected chi connectivity index (χ1v) is 6.80. The van der Waals surface area contributed by atoms with Crippen LogP contribution in [0.3, 0.4) is 0 Å². The standard InChI is InChI=1S/C18H16FNO/c1-11-6-7-13(14-5-4-8-20-18(11)14)15-9-12(2)16(19)10-17(15)21-3/h4-10H,1-3H3. The summed E-state index contributed by atoms with van der Waals surface area (Å²) in [6, 6.07) is 11.3. The van der Waals surface area contributed by atoms with E-state index in [0.717, 1.165) is 27.6 Å². The maximum atomic E-state index is 13.7. The summed E-state index contributed by atoms with van der Waals surface area (Å²) >= 11 is 0. The van der Waals surface area contributed by atoms with Crippen LogP contribution in [0.15, 0.2) is 42.6 Å². The van der Waals surface area contributed by atoms with Crippen LogP contribution >= 0.6 is 0 Å². The molecular weight excluding hydrogens is 265 g/mol. The Balaban J connectivity index is 2.36. The summed E-state index contributed by atoms with van der Waals surface area (Å²) in [5.41, 5.74) is 4.56. The average Bonchev–Trinajstić information content (AvgIpc) is 2.50. The van der Waals surface area contributed by atoms with Gasteiger partial charge < -0.3 is 4.74 Å². The molecule has 106 valence electrons. The van der Waals surface area contributed by atoms with Crippen LogP contribution in [0.5, 0.6) is 5.75 Å². The maximum absolute atomic E-state index is 13.7. The first-order chi connectivity index (χ1) is 10.1. The second-order valence-corrected chi connectivity index (χ2v) is 5.13. The molecule has 0 aliphatic rings. The van der Waals surface area contributed by atoms with Gasteiger partial charge in [0.2, 0.25) is 0 Å². The van der Waals surface area contributed by atoms with Gasteiger partial charge >= 0.3 is 0 Å². The number of halogens is 1. The number of nitrogens with zero attached hydrogens (tertiary/aromatic N) is 1. The van der Waals surface area contributed by atoms with Crippen LogP contribution < -0.4 is 4.74 Å². The summed E-state index contributed by atoms with van der Waals surface area (Å²) in [6.07, 6.45) is 1.78. The molecule has 0 aliphatic carbocycles. The molecule has 0 fully saturated rings. The lowest BCUT2D eigenvalue weighted by Gasteiger charge is -2.13. The van der Waals surface area contributed by atoms with Crippen molar-refractivity contribution in [3.8, 4) is 16.9 Å². The average molecular weight is 281 g/mol. The summed E-state index contributed by atoms with van der Waals surface area (Å²) in [4.78, 5) is 4.45. The van der Waals surface area contributed by atoms with Crippen LogP contribution in [0.2, 0.25) is 0 Å². The third-order valence-electron chi connectivity index (χ3n) is 3.74. The lowest BCUT2D eigenvalue weighted by atomic mass is 9.96. The van der Waals surface area contributed by atoms with Crippen LogP contribution in [-0.2, 0) is 0 Å². The molecule has 21 heavy (non-hydrogen) atoms. The zero-order chi connectivity index (χ0) is 15.0. The number of hydrogen-bond donors (Lipinski definition) is 0. The van der Waals surface area contributed by atoms with Gasteiger partial charge in [-0.25, -0.2) is 4.39 Å².